The van der Waals surface area contributed by atoms with Crippen LogP contribution in [0.15, 0.2) is 41.1 Å². The highest BCUT2D eigenvalue weighted by molar-refractivity contribution is 9.10. The van der Waals surface area contributed by atoms with Gasteiger partial charge in [0.25, 0.3) is 0 Å². The standard InChI is InChI=1S/C11H10BrClN2/c12-10-2-1-9(5-11(10)13)15-7-8-3-4-14-6-8/h1-6,14-15H,7H2. The summed E-state index contributed by atoms with van der Waals surface area (Å²) in [6.07, 6.45) is 3.87. The maximum atomic E-state index is 5.98. The molecule has 0 radical (unpaired) electrons. The Balaban J connectivity index is 2.02. The second-order valence-electron chi connectivity index (χ2n) is 3.20. The molecule has 1 aromatic heterocycles. The Kier molecular flexibility index (Phi) is 3.34. The summed E-state index contributed by atoms with van der Waals surface area (Å²) in [5.41, 5.74) is 2.23. The van der Waals surface area contributed by atoms with E-state index in [0.717, 1.165) is 16.7 Å². The Morgan fingerprint density at radius 2 is 2.20 bits per heavy atom. The number of nitrogens with one attached hydrogen (secondary N) is 2. The molecule has 0 fully saturated rings. The molecule has 0 spiro atoms. The predicted molar refractivity (Wildman–Crippen MR) is 67.3 cm³/mol. The quantitative estimate of drug-likeness (QED) is 0.875. The van der Waals surface area contributed by atoms with Crippen molar-refractivity contribution in [2.24, 2.45) is 0 Å². The van der Waals surface area contributed by atoms with E-state index >= 15 is 0 Å². The average molecular weight is 286 g/mol. The normalized spacial score (nSPS) is 10.3. The topological polar surface area (TPSA) is 27.8 Å². The van der Waals surface area contributed by atoms with Gasteiger partial charge < -0.3 is 10.3 Å². The van der Waals surface area contributed by atoms with Crippen molar-refractivity contribution in [3.8, 4) is 0 Å². The second-order valence-corrected chi connectivity index (χ2v) is 4.46. The molecule has 0 aliphatic heterocycles. The molecule has 0 bridgehead atoms. The van der Waals surface area contributed by atoms with Crippen LogP contribution in [0, 0.1) is 0 Å². The fraction of sp³-hybridized carbons (Fsp3) is 0.0909. The minimum atomic E-state index is 0.717. The number of hydrogen-bond donors (Lipinski definition) is 2. The Bertz CT molecular complexity index is 440. The maximum absolute atomic E-state index is 5.98. The number of halogens is 2. The Labute approximate surface area is 102 Å². The van der Waals surface area contributed by atoms with Crippen LogP contribution in [0.5, 0.6) is 0 Å². The highest BCUT2D eigenvalue weighted by Gasteiger charge is 1.98. The molecule has 1 aromatic carbocycles. The minimum absolute atomic E-state index is 0.717. The summed E-state index contributed by atoms with van der Waals surface area (Å²) < 4.78 is 0.913. The highest BCUT2D eigenvalue weighted by atomic mass is 79.9. The fourth-order valence-electron chi connectivity index (χ4n) is 1.28. The number of hydrogen-bond acceptors (Lipinski definition) is 1. The summed E-state index contributed by atoms with van der Waals surface area (Å²) in [5.74, 6) is 0. The number of rotatable bonds is 3. The van der Waals surface area contributed by atoms with Crippen LogP contribution in [-0.2, 0) is 6.54 Å². The molecule has 1 heterocycles. The van der Waals surface area contributed by atoms with Crippen LogP contribution in [0.1, 0.15) is 5.56 Å². The first-order valence-corrected chi connectivity index (χ1v) is 5.73. The van der Waals surface area contributed by atoms with Crippen molar-refractivity contribution < 1.29 is 0 Å². The summed E-state index contributed by atoms with van der Waals surface area (Å²) in [6, 6.07) is 7.86. The van der Waals surface area contributed by atoms with E-state index in [9.17, 15) is 0 Å². The van der Waals surface area contributed by atoms with Crippen LogP contribution in [0.2, 0.25) is 5.02 Å². The monoisotopic (exact) mass is 284 g/mol. The largest absolute Gasteiger partial charge is 0.381 e. The lowest BCUT2D eigenvalue weighted by atomic mass is 10.3. The third kappa shape index (κ3) is 2.76. The molecule has 0 aliphatic carbocycles. The molecule has 2 nitrogen and oxygen atoms in total. The molecule has 2 rings (SSSR count). The van der Waals surface area contributed by atoms with Gasteiger partial charge in [-0.25, -0.2) is 0 Å². The van der Waals surface area contributed by atoms with Gasteiger partial charge in [0, 0.05) is 29.1 Å². The number of benzene rings is 1. The lowest BCUT2D eigenvalue weighted by Crippen LogP contribution is -1.97. The van der Waals surface area contributed by atoms with E-state index in [4.69, 9.17) is 11.6 Å². The maximum Gasteiger partial charge on any atom is 0.0568 e. The van der Waals surface area contributed by atoms with Crippen molar-refractivity contribution >= 4 is 33.2 Å². The zero-order valence-electron chi connectivity index (χ0n) is 7.93. The van der Waals surface area contributed by atoms with Gasteiger partial charge in [-0.15, -0.1) is 0 Å². The van der Waals surface area contributed by atoms with Crippen LogP contribution in [-0.4, -0.2) is 4.98 Å². The molecule has 0 saturated heterocycles. The van der Waals surface area contributed by atoms with E-state index in [-0.39, 0.29) is 0 Å². The van der Waals surface area contributed by atoms with Crippen molar-refractivity contribution in [2.75, 3.05) is 5.32 Å². The zero-order chi connectivity index (χ0) is 10.7. The lowest BCUT2D eigenvalue weighted by Gasteiger charge is -2.06. The van der Waals surface area contributed by atoms with Crippen molar-refractivity contribution in [1.82, 2.24) is 4.98 Å². The summed E-state index contributed by atoms with van der Waals surface area (Å²) in [5, 5.41) is 4.01. The average Bonchev–Trinajstić information content (AvgIpc) is 2.73. The van der Waals surface area contributed by atoms with Gasteiger partial charge in [-0.05, 0) is 45.8 Å². The predicted octanol–water partition coefficient (Wildman–Crippen LogP) is 4.04. The van der Waals surface area contributed by atoms with E-state index in [1.54, 1.807) is 0 Å². The number of aromatic nitrogens is 1. The Morgan fingerprint density at radius 1 is 1.33 bits per heavy atom. The van der Waals surface area contributed by atoms with Gasteiger partial charge in [0.15, 0.2) is 0 Å². The molecular weight excluding hydrogens is 275 g/mol. The van der Waals surface area contributed by atoms with E-state index in [2.05, 4.69) is 26.2 Å². The molecule has 2 N–H and O–H groups in total. The van der Waals surface area contributed by atoms with Gasteiger partial charge >= 0.3 is 0 Å². The molecule has 15 heavy (non-hydrogen) atoms. The van der Waals surface area contributed by atoms with E-state index in [1.807, 2.05) is 36.7 Å². The summed E-state index contributed by atoms with van der Waals surface area (Å²) >= 11 is 9.34. The first kappa shape index (κ1) is 10.6. The van der Waals surface area contributed by atoms with Gasteiger partial charge in [-0.1, -0.05) is 11.6 Å². The first-order chi connectivity index (χ1) is 7.25. The molecule has 0 saturated carbocycles. The molecule has 4 heteroatoms. The van der Waals surface area contributed by atoms with Crippen LogP contribution in [0.4, 0.5) is 5.69 Å². The Hall–Kier alpha value is -0.930. The van der Waals surface area contributed by atoms with Gasteiger partial charge in [0.2, 0.25) is 0 Å². The van der Waals surface area contributed by atoms with Crippen molar-refractivity contribution in [3.63, 3.8) is 0 Å². The molecule has 0 unspecified atom stereocenters. The van der Waals surface area contributed by atoms with E-state index in [0.29, 0.717) is 5.02 Å². The molecule has 0 aliphatic rings. The van der Waals surface area contributed by atoms with Gasteiger partial charge in [-0.3, -0.25) is 0 Å². The van der Waals surface area contributed by atoms with Gasteiger partial charge in [-0.2, -0.15) is 0 Å². The number of aromatic amines is 1. The van der Waals surface area contributed by atoms with Crippen LogP contribution < -0.4 is 5.32 Å². The van der Waals surface area contributed by atoms with Gasteiger partial charge in [0.05, 0.1) is 5.02 Å². The third-order valence-corrected chi connectivity index (χ3v) is 3.31. The SMILES string of the molecule is Clc1cc(NCc2cc[nH]c2)ccc1Br. The zero-order valence-corrected chi connectivity index (χ0v) is 10.3. The third-order valence-electron chi connectivity index (χ3n) is 2.08. The molecule has 2 aromatic rings. The lowest BCUT2D eigenvalue weighted by molar-refractivity contribution is 1.15. The molecule has 78 valence electrons. The molecule has 0 amide bonds. The van der Waals surface area contributed by atoms with Crippen molar-refractivity contribution in [3.05, 3.63) is 51.7 Å². The minimum Gasteiger partial charge on any atom is -0.381 e. The smallest absolute Gasteiger partial charge is 0.0568 e. The first-order valence-electron chi connectivity index (χ1n) is 4.56. The van der Waals surface area contributed by atoms with Crippen LogP contribution in [0.3, 0.4) is 0 Å². The second kappa shape index (κ2) is 4.73. The summed E-state index contributed by atoms with van der Waals surface area (Å²) in [4.78, 5) is 3.01. The van der Waals surface area contributed by atoms with E-state index < -0.39 is 0 Å². The molecular formula is C11H10BrClN2. The number of anilines is 1. The van der Waals surface area contributed by atoms with Crippen molar-refractivity contribution in [1.29, 1.82) is 0 Å². The van der Waals surface area contributed by atoms with Gasteiger partial charge in [0.1, 0.15) is 0 Å². The van der Waals surface area contributed by atoms with Crippen LogP contribution in [0.25, 0.3) is 0 Å². The number of H-pyrrole nitrogens is 1. The Morgan fingerprint density at radius 3 is 2.87 bits per heavy atom. The highest BCUT2D eigenvalue weighted by Crippen LogP contribution is 2.25. The fourth-order valence-corrected chi connectivity index (χ4v) is 1.71. The van der Waals surface area contributed by atoms with Crippen molar-refractivity contribution in [2.45, 2.75) is 6.54 Å². The summed E-state index contributed by atoms with van der Waals surface area (Å²) in [6.45, 7) is 0.793. The van der Waals surface area contributed by atoms with E-state index in [1.165, 1.54) is 5.56 Å². The summed E-state index contributed by atoms with van der Waals surface area (Å²) in [7, 11) is 0. The van der Waals surface area contributed by atoms with Crippen LogP contribution >= 0.6 is 27.5 Å². The molecule has 0 atom stereocenters.